The highest BCUT2D eigenvalue weighted by atomic mass is 35.5. The Kier molecular flexibility index (Phi) is 5.10. The van der Waals surface area contributed by atoms with Crippen LogP contribution in [0.4, 0.5) is 5.69 Å². The summed E-state index contributed by atoms with van der Waals surface area (Å²) in [6, 6.07) is 8.88. The summed E-state index contributed by atoms with van der Waals surface area (Å²) in [7, 11) is 0. The van der Waals surface area contributed by atoms with Crippen LogP contribution in [0.25, 0.3) is 0 Å². The van der Waals surface area contributed by atoms with Crippen LogP contribution >= 0.6 is 23.2 Å². The van der Waals surface area contributed by atoms with Crippen LogP contribution in [0.3, 0.4) is 0 Å². The van der Waals surface area contributed by atoms with Crippen molar-refractivity contribution in [3.05, 3.63) is 51.5 Å². The lowest BCUT2D eigenvalue weighted by Crippen LogP contribution is -1.94. The topological polar surface area (TPSA) is 41.8 Å². The highest BCUT2D eigenvalue weighted by molar-refractivity contribution is 6.32. The van der Waals surface area contributed by atoms with Gasteiger partial charge in [0.15, 0.2) is 11.5 Å². The van der Waals surface area contributed by atoms with Gasteiger partial charge < -0.3 is 9.84 Å². The molecule has 0 heterocycles. The van der Waals surface area contributed by atoms with Gasteiger partial charge in [0.1, 0.15) is 0 Å². The molecule has 5 heteroatoms. The molecule has 0 saturated carbocycles. The largest absolute Gasteiger partial charge is 0.503 e. The van der Waals surface area contributed by atoms with Crippen molar-refractivity contribution in [1.29, 1.82) is 0 Å². The van der Waals surface area contributed by atoms with Gasteiger partial charge in [0.2, 0.25) is 0 Å². The minimum Gasteiger partial charge on any atom is -0.503 e. The van der Waals surface area contributed by atoms with Crippen molar-refractivity contribution >= 4 is 35.1 Å². The van der Waals surface area contributed by atoms with Crippen LogP contribution in [0.2, 0.25) is 10.0 Å². The molecular formula is C16H15Cl2NO2. The number of ether oxygens (including phenoxy) is 1. The number of phenolic OH excluding ortho intramolecular Hbond substituents is 1. The molecule has 0 atom stereocenters. The highest BCUT2D eigenvalue weighted by Crippen LogP contribution is 2.35. The van der Waals surface area contributed by atoms with E-state index in [4.69, 9.17) is 27.9 Å². The van der Waals surface area contributed by atoms with E-state index in [-0.39, 0.29) is 10.8 Å². The van der Waals surface area contributed by atoms with Gasteiger partial charge >= 0.3 is 0 Å². The van der Waals surface area contributed by atoms with Gasteiger partial charge in [-0.2, -0.15) is 0 Å². The van der Waals surface area contributed by atoms with Crippen LogP contribution < -0.4 is 4.74 Å². The third-order valence-electron chi connectivity index (χ3n) is 2.87. The summed E-state index contributed by atoms with van der Waals surface area (Å²) in [5.74, 6) is 0.280. The molecule has 0 saturated heterocycles. The van der Waals surface area contributed by atoms with Gasteiger partial charge in [0.05, 0.1) is 17.3 Å². The molecule has 0 amide bonds. The molecule has 0 unspecified atom stereocenters. The van der Waals surface area contributed by atoms with E-state index in [0.717, 1.165) is 16.8 Å². The van der Waals surface area contributed by atoms with E-state index < -0.39 is 0 Å². The summed E-state index contributed by atoms with van der Waals surface area (Å²) >= 11 is 12.0. The van der Waals surface area contributed by atoms with E-state index in [9.17, 15) is 5.11 Å². The van der Waals surface area contributed by atoms with Gasteiger partial charge in [0.25, 0.3) is 0 Å². The van der Waals surface area contributed by atoms with E-state index in [1.165, 1.54) is 0 Å². The average molecular weight is 324 g/mol. The molecule has 2 aromatic rings. The Morgan fingerprint density at radius 3 is 2.62 bits per heavy atom. The second-order valence-corrected chi connectivity index (χ2v) is 5.29. The van der Waals surface area contributed by atoms with Gasteiger partial charge in [-0.1, -0.05) is 29.3 Å². The van der Waals surface area contributed by atoms with Crippen molar-refractivity contribution in [2.75, 3.05) is 6.61 Å². The van der Waals surface area contributed by atoms with E-state index in [0.29, 0.717) is 17.4 Å². The van der Waals surface area contributed by atoms with Crippen molar-refractivity contribution in [1.82, 2.24) is 0 Å². The minimum atomic E-state index is -0.0611. The van der Waals surface area contributed by atoms with Crippen molar-refractivity contribution in [3.8, 4) is 11.5 Å². The van der Waals surface area contributed by atoms with Crippen molar-refractivity contribution in [3.63, 3.8) is 0 Å². The molecule has 0 fully saturated rings. The number of hydrogen-bond donors (Lipinski definition) is 1. The van der Waals surface area contributed by atoms with Crippen LogP contribution in [0, 0.1) is 6.92 Å². The number of nitrogens with zero attached hydrogens (tertiary/aromatic N) is 1. The zero-order valence-electron chi connectivity index (χ0n) is 11.7. The fourth-order valence-electron chi connectivity index (χ4n) is 1.74. The Hall–Kier alpha value is -1.71. The Bertz CT molecular complexity index is 684. The quantitative estimate of drug-likeness (QED) is 0.790. The number of phenols is 1. The molecule has 0 spiro atoms. The smallest absolute Gasteiger partial charge is 0.176 e. The summed E-state index contributed by atoms with van der Waals surface area (Å²) in [4.78, 5) is 4.35. The maximum atomic E-state index is 9.79. The standard InChI is InChI=1S/C16H15Cl2NO2/c1-3-21-15-7-11(6-14(18)16(15)20)9-19-12-5-4-10(2)13(17)8-12/h4-9,20H,3H2,1-2H3. The third-order valence-corrected chi connectivity index (χ3v) is 3.56. The molecule has 0 bridgehead atoms. The molecule has 1 N–H and O–H groups in total. The molecule has 0 aliphatic heterocycles. The van der Waals surface area contributed by atoms with Crippen LogP contribution in [-0.2, 0) is 0 Å². The molecule has 3 nitrogen and oxygen atoms in total. The summed E-state index contributed by atoms with van der Waals surface area (Å²) in [5.41, 5.74) is 2.48. The average Bonchev–Trinajstić information content (AvgIpc) is 2.45. The highest BCUT2D eigenvalue weighted by Gasteiger charge is 2.08. The van der Waals surface area contributed by atoms with Crippen molar-refractivity contribution in [2.45, 2.75) is 13.8 Å². The predicted molar refractivity (Wildman–Crippen MR) is 87.7 cm³/mol. The number of aryl methyl sites for hydroxylation is 1. The Morgan fingerprint density at radius 2 is 1.95 bits per heavy atom. The number of aromatic hydroxyl groups is 1. The lowest BCUT2D eigenvalue weighted by Gasteiger charge is -2.08. The van der Waals surface area contributed by atoms with Gasteiger partial charge in [-0.05, 0) is 49.2 Å². The fourth-order valence-corrected chi connectivity index (χ4v) is 2.14. The van der Waals surface area contributed by atoms with Crippen LogP contribution in [0.5, 0.6) is 11.5 Å². The SMILES string of the molecule is CCOc1cc(C=Nc2ccc(C)c(Cl)c2)cc(Cl)c1O. The first-order valence-corrected chi connectivity index (χ1v) is 7.22. The summed E-state index contributed by atoms with van der Waals surface area (Å²) in [6.07, 6.45) is 1.65. The third kappa shape index (κ3) is 3.90. The molecule has 2 rings (SSSR count). The molecule has 2 aromatic carbocycles. The maximum Gasteiger partial charge on any atom is 0.176 e. The minimum absolute atomic E-state index is 0.0611. The van der Waals surface area contributed by atoms with Crippen LogP contribution in [-0.4, -0.2) is 17.9 Å². The lowest BCUT2D eigenvalue weighted by atomic mass is 10.2. The van der Waals surface area contributed by atoms with Gasteiger partial charge in [-0.3, -0.25) is 4.99 Å². The zero-order chi connectivity index (χ0) is 15.4. The summed E-state index contributed by atoms with van der Waals surface area (Å²) in [5, 5.41) is 10.7. The molecular weight excluding hydrogens is 309 g/mol. The number of benzene rings is 2. The Labute approximate surface area is 133 Å². The fraction of sp³-hybridized carbons (Fsp3) is 0.188. The normalized spacial score (nSPS) is 11.0. The Morgan fingerprint density at radius 1 is 1.19 bits per heavy atom. The van der Waals surface area contributed by atoms with Crippen molar-refractivity contribution < 1.29 is 9.84 Å². The number of rotatable bonds is 4. The monoisotopic (exact) mass is 323 g/mol. The van der Waals surface area contributed by atoms with Gasteiger partial charge in [-0.15, -0.1) is 0 Å². The second-order valence-electron chi connectivity index (χ2n) is 4.47. The second kappa shape index (κ2) is 6.83. The van der Waals surface area contributed by atoms with E-state index in [1.807, 2.05) is 26.0 Å². The molecule has 0 aliphatic rings. The van der Waals surface area contributed by atoms with Gasteiger partial charge in [-0.25, -0.2) is 0 Å². The first-order valence-electron chi connectivity index (χ1n) is 6.46. The number of halogens is 2. The lowest BCUT2D eigenvalue weighted by molar-refractivity contribution is 0.318. The Balaban J connectivity index is 2.30. The van der Waals surface area contributed by atoms with E-state index in [1.54, 1.807) is 24.4 Å². The first kappa shape index (κ1) is 15.7. The molecule has 0 radical (unpaired) electrons. The number of aliphatic imine (C=N–C) groups is 1. The van der Waals surface area contributed by atoms with Crippen molar-refractivity contribution in [2.24, 2.45) is 4.99 Å². The molecule has 0 aromatic heterocycles. The summed E-state index contributed by atoms with van der Waals surface area (Å²) < 4.78 is 5.33. The maximum absolute atomic E-state index is 9.79. The number of hydrogen-bond acceptors (Lipinski definition) is 3. The first-order chi connectivity index (χ1) is 10.0. The predicted octanol–water partition coefficient (Wildman–Crippen LogP) is 5.16. The summed E-state index contributed by atoms with van der Waals surface area (Å²) in [6.45, 7) is 4.21. The van der Waals surface area contributed by atoms with E-state index in [2.05, 4.69) is 4.99 Å². The molecule has 21 heavy (non-hydrogen) atoms. The van der Waals surface area contributed by atoms with Crippen LogP contribution in [0.1, 0.15) is 18.1 Å². The zero-order valence-corrected chi connectivity index (χ0v) is 13.2. The van der Waals surface area contributed by atoms with Crippen LogP contribution in [0.15, 0.2) is 35.3 Å². The molecule has 110 valence electrons. The van der Waals surface area contributed by atoms with E-state index >= 15 is 0 Å². The van der Waals surface area contributed by atoms with Gasteiger partial charge in [0, 0.05) is 11.2 Å². The molecule has 0 aliphatic carbocycles.